The minimum absolute atomic E-state index is 0.0728. The van der Waals surface area contributed by atoms with E-state index in [1.165, 1.54) is 11.3 Å². The zero-order valence-electron chi connectivity index (χ0n) is 9.56. The quantitative estimate of drug-likeness (QED) is 0.716. The maximum atomic E-state index is 13.7. The third-order valence-electron chi connectivity index (χ3n) is 2.48. The van der Waals surface area contributed by atoms with E-state index >= 15 is 0 Å². The lowest BCUT2D eigenvalue weighted by Crippen LogP contribution is -1.92. The van der Waals surface area contributed by atoms with Crippen molar-refractivity contribution in [2.24, 2.45) is 0 Å². The summed E-state index contributed by atoms with van der Waals surface area (Å²) in [5, 5.41) is 0. The van der Waals surface area contributed by atoms with Crippen LogP contribution < -0.4 is 5.73 Å². The Balaban J connectivity index is 2.01. The van der Waals surface area contributed by atoms with E-state index in [0.29, 0.717) is 4.34 Å². The molecule has 0 atom stereocenters. The highest BCUT2D eigenvalue weighted by atomic mass is 32.2. The molecule has 0 saturated heterocycles. The molecule has 0 aliphatic rings. The van der Waals surface area contributed by atoms with E-state index in [0.717, 1.165) is 34.1 Å². The Labute approximate surface area is 116 Å². The molecule has 96 valence electrons. The topological polar surface area (TPSA) is 38.9 Å². The zero-order chi connectivity index (χ0) is 13.4. The molecule has 0 saturated carbocycles. The molecule has 0 fully saturated rings. The molecule has 19 heavy (non-hydrogen) atoms. The van der Waals surface area contributed by atoms with Crippen molar-refractivity contribution >= 4 is 39.0 Å². The fraction of sp³-hybridized carbons (Fsp3) is 0. The predicted octanol–water partition coefficient (Wildman–Crippen LogP) is 4.31. The van der Waals surface area contributed by atoms with Crippen LogP contribution in [0.1, 0.15) is 0 Å². The van der Waals surface area contributed by atoms with Crippen molar-refractivity contribution in [1.29, 1.82) is 0 Å². The zero-order valence-corrected chi connectivity index (χ0v) is 11.2. The standard InChI is InChI=1S/C13H8F2N2S2/c14-8-5-7(16)6-9(15)12(8)19-13-17-10-3-1-2-4-11(10)18-13/h1-6H,16H2. The van der Waals surface area contributed by atoms with Gasteiger partial charge in [-0.05, 0) is 24.3 Å². The average Bonchev–Trinajstić information content (AvgIpc) is 2.76. The second-order valence-electron chi connectivity index (χ2n) is 3.86. The Hall–Kier alpha value is -1.66. The summed E-state index contributed by atoms with van der Waals surface area (Å²) in [6, 6.07) is 9.79. The van der Waals surface area contributed by atoms with Gasteiger partial charge in [0, 0.05) is 5.69 Å². The van der Waals surface area contributed by atoms with Crippen LogP contribution in [0, 0.1) is 11.6 Å². The van der Waals surface area contributed by atoms with E-state index < -0.39 is 11.6 Å². The summed E-state index contributed by atoms with van der Waals surface area (Å²) >= 11 is 2.38. The van der Waals surface area contributed by atoms with Crippen molar-refractivity contribution < 1.29 is 8.78 Å². The molecule has 0 bridgehead atoms. The summed E-state index contributed by atoms with van der Waals surface area (Å²) in [5.41, 5.74) is 6.28. The first-order chi connectivity index (χ1) is 9.13. The lowest BCUT2D eigenvalue weighted by Gasteiger charge is -2.03. The van der Waals surface area contributed by atoms with Crippen LogP contribution in [0.15, 0.2) is 45.6 Å². The van der Waals surface area contributed by atoms with Gasteiger partial charge in [0.25, 0.3) is 0 Å². The predicted molar refractivity (Wildman–Crippen MR) is 74.5 cm³/mol. The van der Waals surface area contributed by atoms with E-state index in [1.807, 2.05) is 24.3 Å². The van der Waals surface area contributed by atoms with Crippen LogP contribution in [-0.4, -0.2) is 4.98 Å². The van der Waals surface area contributed by atoms with Crippen molar-refractivity contribution in [1.82, 2.24) is 4.98 Å². The molecule has 3 rings (SSSR count). The summed E-state index contributed by atoms with van der Waals surface area (Å²) in [7, 11) is 0. The van der Waals surface area contributed by atoms with Crippen LogP contribution >= 0.6 is 23.1 Å². The molecule has 2 nitrogen and oxygen atoms in total. The highest BCUT2D eigenvalue weighted by Crippen LogP contribution is 2.37. The molecule has 3 aromatic rings. The van der Waals surface area contributed by atoms with E-state index in [-0.39, 0.29) is 10.6 Å². The molecule has 1 heterocycles. The normalized spacial score (nSPS) is 11.1. The smallest absolute Gasteiger partial charge is 0.156 e. The van der Waals surface area contributed by atoms with Crippen LogP contribution in [0.5, 0.6) is 0 Å². The van der Waals surface area contributed by atoms with Gasteiger partial charge in [0.15, 0.2) is 4.34 Å². The highest BCUT2D eigenvalue weighted by molar-refractivity contribution is 8.01. The van der Waals surface area contributed by atoms with Crippen molar-refractivity contribution in [2.75, 3.05) is 5.73 Å². The van der Waals surface area contributed by atoms with E-state index in [2.05, 4.69) is 4.98 Å². The highest BCUT2D eigenvalue weighted by Gasteiger charge is 2.14. The number of fused-ring (bicyclic) bond motifs is 1. The van der Waals surface area contributed by atoms with Gasteiger partial charge in [-0.15, -0.1) is 11.3 Å². The Morgan fingerprint density at radius 3 is 2.47 bits per heavy atom. The second kappa shape index (κ2) is 4.79. The van der Waals surface area contributed by atoms with Gasteiger partial charge in [-0.25, -0.2) is 13.8 Å². The summed E-state index contributed by atoms with van der Waals surface area (Å²) in [5.74, 6) is -1.33. The fourth-order valence-corrected chi connectivity index (χ4v) is 3.67. The summed E-state index contributed by atoms with van der Waals surface area (Å²) in [6.45, 7) is 0. The number of nitrogens with zero attached hydrogens (tertiary/aromatic N) is 1. The van der Waals surface area contributed by atoms with Gasteiger partial charge in [0.05, 0.1) is 15.1 Å². The monoisotopic (exact) mass is 294 g/mol. The fourth-order valence-electron chi connectivity index (χ4n) is 1.66. The van der Waals surface area contributed by atoms with Gasteiger partial charge < -0.3 is 5.73 Å². The Morgan fingerprint density at radius 2 is 1.79 bits per heavy atom. The van der Waals surface area contributed by atoms with Gasteiger partial charge >= 0.3 is 0 Å². The first-order valence-electron chi connectivity index (χ1n) is 5.41. The molecular formula is C13H8F2N2S2. The molecule has 0 aliphatic heterocycles. The van der Waals surface area contributed by atoms with Gasteiger partial charge in [-0.1, -0.05) is 23.9 Å². The lowest BCUT2D eigenvalue weighted by atomic mass is 10.3. The van der Waals surface area contributed by atoms with Crippen molar-refractivity contribution in [3.05, 3.63) is 48.0 Å². The van der Waals surface area contributed by atoms with Gasteiger partial charge in [-0.3, -0.25) is 0 Å². The first kappa shape index (κ1) is 12.4. The van der Waals surface area contributed by atoms with Crippen molar-refractivity contribution in [3.8, 4) is 0 Å². The van der Waals surface area contributed by atoms with Crippen LogP contribution in [0.4, 0.5) is 14.5 Å². The number of nitrogen functional groups attached to an aromatic ring is 1. The number of hydrogen-bond donors (Lipinski definition) is 1. The van der Waals surface area contributed by atoms with E-state index in [4.69, 9.17) is 5.73 Å². The number of thiazole rings is 1. The molecule has 0 unspecified atom stereocenters. The van der Waals surface area contributed by atoms with Crippen LogP contribution in [-0.2, 0) is 0 Å². The Morgan fingerprint density at radius 1 is 1.11 bits per heavy atom. The van der Waals surface area contributed by atoms with Crippen molar-refractivity contribution in [2.45, 2.75) is 9.24 Å². The molecular weight excluding hydrogens is 286 g/mol. The lowest BCUT2D eigenvalue weighted by molar-refractivity contribution is 0.542. The third kappa shape index (κ3) is 2.41. The van der Waals surface area contributed by atoms with Crippen LogP contribution in [0.25, 0.3) is 10.2 Å². The molecule has 1 aromatic heterocycles. The molecule has 0 radical (unpaired) electrons. The number of nitrogens with two attached hydrogens (primary N) is 1. The Bertz CT molecular complexity index is 699. The minimum Gasteiger partial charge on any atom is -0.399 e. The third-order valence-corrected chi connectivity index (χ3v) is 4.68. The molecule has 0 aliphatic carbocycles. The number of para-hydroxylation sites is 1. The summed E-state index contributed by atoms with van der Waals surface area (Å²) in [4.78, 5) is 4.25. The number of anilines is 1. The van der Waals surface area contributed by atoms with Crippen molar-refractivity contribution in [3.63, 3.8) is 0 Å². The molecule has 2 aromatic carbocycles. The number of benzene rings is 2. The van der Waals surface area contributed by atoms with Gasteiger partial charge in [-0.2, -0.15) is 0 Å². The number of aromatic nitrogens is 1. The van der Waals surface area contributed by atoms with Gasteiger partial charge in [0.2, 0.25) is 0 Å². The number of hydrogen-bond acceptors (Lipinski definition) is 4. The van der Waals surface area contributed by atoms with Gasteiger partial charge in [0.1, 0.15) is 11.6 Å². The second-order valence-corrected chi connectivity index (χ2v) is 6.15. The number of halogens is 2. The minimum atomic E-state index is -0.665. The SMILES string of the molecule is Nc1cc(F)c(Sc2nc3ccccc3s2)c(F)c1. The average molecular weight is 294 g/mol. The summed E-state index contributed by atoms with van der Waals surface area (Å²) < 4.78 is 29.0. The maximum absolute atomic E-state index is 13.7. The van der Waals surface area contributed by atoms with E-state index in [9.17, 15) is 8.78 Å². The number of rotatable bonds is 2. The largest absolute Gasteiger partial charge is 0.399 e. The maximum Gasteiger partial charge on any atom is 0.156 e. The first-order valence-corrected chi connectivity index (χ1v) is 7.05. The van der Waals surface area contributed by atoms with Crippen LogP contribution in [0.3, 0.4) is 0 Å². The Kier molecular flexibility index (Phi) is 3.12. The molecule has 0 spiro atoms. The van der Waals surface area contributed by atoms with E-state index in [1.54, 1.807) is 0 Å². The molecule has 2 N–H and O–H groups in total. The summed E-state index contributed by atoms with van der Waals surface area (Å²) in [6.07, 6.45) is 0. The molecule has 0 amide bonds. The van der Waals surface area contributed by atoms with Crippen LogP contribution in [0.2, 0.25) is 0 Å². The molecule has 6 heteroatoms.